The molecule has 9 nitrogen and oxygen atoms in total. The lowest BCUT2D eigenvalue weighted by Gasteiger charge is -2.34. The van der Waals surface area contributed by atoms with E-state index in [1.54, 1.807) is 41.3 Å². The summed E-state index contributed by atoms with van der Waals surface area (Å²) < 4.78 is 0. The molecule has 2 fully saturated rings. The van der Waals surface area contributed by atoms with Crippen LogP contribution in [0.1, 0.15) is 43.0 Å². The maximum Gasteiger partial charge on any atom is 0.350 e. The summed E-state index contributed by atoms with van der Waals surface area (Å²) >= 11 is 0. The van der Waals surface area contributed by atoms with Gasteiger partial charge in [0.05, 0.1) is 5.92 Å². The monoisotopic (exact) mass is 456 g/mol. The SMILES string of the molecule is C[C@](NC(=O)c1ccccc1)(NC(=O)[C@@H]1CCCN(C(=O)/C=C/C2CCNCC2)C1)C(=O)O. The third-order valence-corrected chi connectivity index (χ3v) is 6.20. The number of nitrogens with one attached hydrogen (secondary N) is 3. The highest BCUT2D eigenvalue weighted by molar-refractivity contribution is 5.99. The first-order valence-corrected chi connectivity index (χ1v) is 11.4. The molecular formula is C24H32N4O5. The summed E-state index contributed by atoms with van der Waals surface area (Å²) in [4.78, 5) is 51.6. The number of amides is 3. The summed E-state index contributed by atoms with van der Waals surface area (Å²) in [5.74, 6) is -2.80. The van der Waals surface area contributed by atoms with Gasteiger partial charge in [-0.2, -0.15) is 0 Å². The number of carboxylic acids is 1. The van der Waals surface area contributed by atoms with E-state index in [1.165, 1.54) is 6.92 Å². The van der Waals surface area contributed by atoms with Crippen LogP contribution in [-0.4, -0.2) is 65.5 Å². The number of piperidine rings is 2. The van der Waals surface area contributed by atoms with Crippen LogP contribution in [-0.2, 0) is 14.4 Å². The zero-order chi connectivity index (χ0) is 23.8. The predicted octanol–water partition coefficient (Wildman–Crippen LogP) is 1.13. The lowest BCUT2D eigenvalue weighted by molar-refractivity contribution is -0.149. The van der Waals surface area contributed by atoms with E-state index in [9.17, 15) is 24.3 Å². The average molecular weight is 457 g/mol. The van der Waals surface area contributed by atoms with Crippen molar-refractivity contribution in [2.24, 2.45) is 11.8 Å². The maximum atomic E-state index is 12.9. The van der Waals surface area contributed by atoms with Gasteiger partial charge in [-0.3, -0.25) is 14.4 Å². The molecule has 2 saturated heterocycles. The summed E-state index contributed by atoms with van der Waals surface area (Å²) in [5, 5.41) is 17.9. The fourth-order valence-corrected chi connectivity index (χ4v) is 4.13. The van der Waals surface area contributed by atoms with Gasteiger partial charge in [0, 0.05) is 18.7 Å². The zero-order valence-corrected chi connectivity index (χ0v) is 18.9. The number of carbonyl (C=O) groups is 4. The van der Waals surface area contributed by atoms with Crippen molar-refractivity contribution < 1.29 is 24.3 Å². The molecule has 9 heteroatoms. The van der Waals surface area contributed by atoms with E-state index in [4.69, 9.17) is 0 Å². The van der Waals surface area contributed by atoms with E-state index >= 15 is 0 Å². The molecule has 2 heterocycles. The summed E-state index contributed by atoms with van der Waals surface area (Å²) in [6, 6.07) is 8.19. The van der Waals surface area contributed by atoms with Crippen molar-refractivity contribution in [3.63, 3.8) is 0 Å². The van der Waals surface area contributed by atoms with Crippen molar-refractivity contribution in [3.8, 4) is 0 Å². The quantitative estimate of drug-likeness (QED) is 0.360. The molecule has 0 aromatic heterocycles. The van der Waals surface area contributed by atoms with Gasteiger partial charge < -0.3 is 26.0 Å². The average Bonchev–Trinajstić information content (AvgIpc) is 2.83. The molecule has 2 atom stereocenters. The van der Waals surface area contributed by atoms with Crippen LogP contribution in [0.4, 0.5) is 0 Å². The molecule has 0 unspecified atom stereocenters. The molecule has 4 N–H and O–H groups in total. The smallest absolute Gasteiger partial charge is 0.350 e. The van der Waals surface area contributed by atoms with Gasteiger partial charge in [-0.1, -0.05) is 24.3 Å². The van der Waals surface area contributed by atoms with E-state index in [2.05, 4.69) is 16.0 Å². The molecule has 0 saturated carbocycles. The summed E-state index contributed by atoms with van der Waals surface area (Å²) in [6.07, 6.45) is 6.72. The largest absolute Gasteiger partial charge is 0.478 e. The Morgan fingerprint density at radius 2 is 1.79 bits per heavy atom. The fraction of sp³-hybridized carbons (Fsp3) is 0.500. The van der Waals surface area contributed by atoms with E-state index in [0.717, 1.165) is 25.9 Å². The number of nitrogens with zero attached hydrogens (tertiary/aromatic N) is 1. The van der Waals surface area contributed by atoms with Crippen LogP contribution in [0.2, 0.25) is 0 Å². The molecule has 0 aliphatic carbocycles. The molecule has 2 aliphatic rings. The molecule has 0 bridgehead atoms. The van der Waals surface area contributed by atoms with Gasteiger partial charge >= 0.3 is 5.97 Å². The number of carboxylic acid groups (broad SMARTS) is 1. The highest BCUT2D eigenvalue weighted by atomic mass is 16.4. The summed E-state index contributed by atoms with van der Waals surface area (Å²) in [6.45, 7) is 3.89. The molecule has 178 valence electrons. The molecule has 3 amide bonds. The van der Waals surface area contributed by atoms with E-state index in [0.29, 0.717) is 25.3 Å². The fourth-order valence-electron chi connectivity index (χ4n) is 4.13. The van der Waals surface area contributed by atoms with Crippen LogP contribution < -0.4 is 16.0 Å². The molecule has 33 heavy (non-hydrogen) atoms. The number of hydrogen-bond donors (Lipinski definition) is 4. The zero-order valence-electron chi connectivity index (χ0n) is 18.9. The van der Waals surface area contributed by atoms with Crippen LogP contribution in [0.3, 0.4) is 0 Å². The summed E-state index contributed by atoms with van der Waals surface area (Å²) in [7, 11) is 0. The Hall–Kier alpha value is -3.20. The molecule has 0 spiro atoms. The minimum atomic E-state index is -1.98. The number of aliphatic carboxylic acids is 1. The standard InChI is InChI=1S/C24H32N4O5/c1-24(23(32)33,26-21(30)18-6-3-2-4-7-18)27-22(31)19-8-5-15-28(16-19)20(29)10-9-17-11-13-25-14-12-17/h2-4,6-7,9-10,17,19,25H,5,8,11-16H2,1H3,(H,26,30)(H,27,31)(H,32,33)/b10-9+/t19-,24+/m1/s1. The second-order valence-electron chi connectivity index (χ2n) is 8.81. The number of rotatable bonds is 7. The Balaban J connectivity index is 1.60. The van der Waals surface area contributed by atoms with Crippen molar-refractivity contribution in [3.05, 3.63) is 48.0 Å². The van der Waals surface area contributed by atoms with Gasteiger partial charge in [0.1, 0.15) is 0 Å². The normalized spacial score (nSPS) is 21.2. The topological polar surface area (TPSA) is 128 Å². The first kappa shape index (κ1) is 24.4. The van der Waals surface area contributed by atoms with Crippen LogP contribution >= 0.6 is 0 Å². The number of likely N-dealkylation sites (tertiary alicyclic amines) is 1. The second-order valence-corrected chi connectivity index (χ2v) is 8.81. The first-order valence-electron chi connectivity index (χ1n) is 11.4. The third-order valence-electron chi connectivity index (χ3n) is 6.20. The van der Waals surface area contributed by atoms with Gasteiger partial charge in [-0.15, -0.1) is 0 Å². The lowest BCUT2D eigenvalue weighted by atomic mass is 9.95. The third kappa shape index (κ3) is 6.64. The number of hydrogen-bond acceptors (Lipinski definition) is 5. The van der Waals surface area contributed by atoms with Crippen molar-refractivity contribution in [2.75, 3.05) is 26.2 Å². The van der Waals surface area contributed by atoms with Crippen molar-refractivity contribution in [2.45, 2.75) is 38.3 Å². The van der Waals surface area contributed by atoms with Crippen molar-refractivity contribution >= 4 is 23.7 Å². The van der Waals surface area contributed by atoms with Gasteiger partial charge in [-0.05, 0) is 69.8 Å². The number of allylic oxidation sites excluding steroid dienone is 1. The second kappa shape index (κ2) is 11.1. The Bertz CT molecular complexity index is 897. The lowest BCUT2D eigenvalue weighted by Crippen LogP contribution is -2.65. The van der Waals surface area contributed by atoms with E-state index < -0.39 is 29.4 Å². The van der Waals surface area contributed by atoms with Crippen molar-refractivity contribution in [1.29, 1.82) is 0 Å². The number of benzene rings is 1. The van der Waals surface area contributed by atoms with Gasteiger partial charge in [0.15, 0.2) is 0 Å². The van der Waals surface area contributed by atoms with Crippen LogP contribution in [0, 0.1) is 11.8 Å². The van der Waals surface area contributed by atoms with Crippen LogP contribution in [0.15, 0.2) is 42.5 Å². The molecule has 3 rings (SSSR count). The van der Waals surface area contributed by atoms with Gasteiger partial charge in [0.25, 0.3) is 5.91 Å². The Morgan fingerprint density at radius 1 is 1.09 bits per heavy atom. The van der Waals surface area contributed by atoms with E-state index in [1.807, 2.05) is 6.08 Å². The van der Waals surface area contributed by atoms with Crippen molar-refractivity contribution in [1.82, 2.24) is 20.9 Å². The minimum Gasteiger partial charge on any atom is -0.478 e. The van der Waals surface area contributed by atoms with Crippen LogP contribution in [0.25, 0.3) is 0 Å². The van der Waals surface area contributed by atoms with Gasteiger partial charge in [0.2, 0.25) is 17.5 Å². The molecular weight excluding hydrogens is 424 g/mol. The highest BCUT2D eigenvalue weighted by Gasteiger charge is 2.39. The Kier molecular flexibility index (Phi) is 8.21. The molecule has 1 aromatic rings. The molecule has 2 aliphatic heterocycles. The van der Waals surface area contributed by atoms with Gasteiger partial charge in [-0.25, -0.2) is 4.79 Å². The highest BCUT2D eigenvalue weighted by Crippen LogP contribution is 2.19. The summed E-state index contributed by atoms with van der Waals surface area (Å²) in [5.41, 5.74) is -1.69. The Labute approximate surface area is 193 Å². The minimum absolute atomic E-state index is 0.135. The predicted molar refractivity (Wildman–Crippen MR) is 122 cm³/mol. The molecule has 0 radical (unpaired) electrons. The Morgan fingerprint density at radius 3 is 2.45 bits per heavy atom. The van der Waals surface area contributed by atoms with E-state index in [-0.39, 0.29) is 18.0 Å². The van der Waals surface area contributed by atoms with Crippen LogP contribution in [0.5, 0.6) is 0 Å². The maximum absolute atomic E-state index is 12.9. The number of carbonyl (C=O) groups excluding carboxylic acids is 3. The molecule has 1 aromatic carbocycles. The first-order chi connectivity index (χ1) is 15.8.